The Hall–Kier alpha value is -1.03. The Kier molecular flexibility index (Phi) is 3.74. The van der Waals surface area contributed by atoms with E-state index in [0.717, 1.165) is 5.56 Å². The molecule has 82 valence electrons. The van der Waals surface area contributed by atoms with Gasteiger partial charge in [0.15, 0.2) is 0 Å². The van der Waals surface area contributed by atoms with Crippen LogP contribution in [0.25, 0.3) is 0 Å². The van der Waals surface area contributed by atoms with Crippen LogP contribution in [0.3, 0.4) is 0 Å². The molecule has 0 unspecified atom stereocenters. The molecule has 0 aromatic heterocycles. The van der Waals surface area contributed by atoms with Crippen LogP contribution in [0.4, 0.5) is 18.9 Å². The largest absolute Gasteiger partial charge is 0.395 e. The van der Waals surface area contributed by atoms with E-state index in [1.807, 2.05) is 13.0 Å². The van der Waals surface area contributed by atoms with Gasteiger partial charge in [-0.25, -0.2) is 4.99 Å². The van der Waals surface area contributed by atoms with Crippen molar-refractivity contribution in [3.05, 3.63) is 29.8 Å². The number of hydrogen-bond acceptors (Lipinski definition) is 1. The lowest BCUT2D eigenvalue weighted by atomic mass is 10.2. The van der Waals surface area contributed by atoms with Gasteiger partial charge in [-0.05, 0) is 24.6 Å². The monoisotopic (exact) mass is 235 g/mol. The molecule has 0 radical (unpaired) electrons. The Morgan fingerprint density at radius 1 is 1.40 bits per heavy atom. The summed E-state index contributed by atoms with van der Waals surface area (Å²) in [4.78, 5) is 3.67. The molecule has 0 aliphatic heterocycles. The van der Waals surface area contributed by atoms with Crippen LogP contribution in [-0.2, 0) is 0 Å². The third-order valence-electron chi connectivity index (χ3n) is 1.60. The molecule has 0 amide bonds. The van der Waals surface area contributed by atoms with Gasteiger partial charge < -0.3 is 0 Å². The molecule has 15 heavy (non-hydrogen) atoms. The Labute approximate surface area is 90.6 Å². The molecule has 0 aliphatic carbocycles. The molecule has 0 saturated carbocycles. The van der Waals surface area contributed by atoms with E-state index in [9.17, 15) is 13.2 Å². The summed E-state index contributed by atoms with van der Waals surface area (Å²) in [6.07, 6.45) is -5.51. The first kappa shape index (κ1) is 12.0. The van der Waals surface area contributed by atoms with E-state index in [0.29, 0.717) is 5.69 Å². The molecule has 5 heteroatoms. The lowest BCUT2D eigenvalue weighted by molar-refractivity contribution is -0.120. The van der Waals surface area contributed by atoms with Gasteiger partial charge in [0, 0.05) is 0 Å². The van der Waals surface area contributed by atoms with Gasteiger partial charge in [-0.2, -0.15) is 13.2 Å². The van der Waals surface area contributed by atoms with Crippen molar-refractivity contribution in [2.24, 2.45) is 4.99 Å². The molecular weight excluding hydrogens is 227 g/mol. The van der Waals surface area contributed by atoms with Gasteiger partial charge in [-0.15, -0.1) is 0 Å². The highest BCUT2D eigenvalue weighted by Gasteiger charge is 2.29. The summed E-state index contributed by atoms with van der Waals surface area (Å²) in [5.74, 6) is 0. The first-order valence-electron chi connectivity index (χ1n) is 4.23. The van der Waals surface area contributed by atoms with E-state index in [4.69, 9.17) is 11.6 Å². The van der Waals surface area contributed by atoms with E-state index in [1.54, 1.807) is 18.2 Å². The molecule has 0 atom stereocenters. The number of aliphatic imine (C=N–C) groups is 1. The van der Waals surface area contributed by atoms with Crippen LogP contribution in [0.2, 0.25) is 0 Å². The molecule has 0 N–H and O–H groups in total. The van der Waals surface area contributed by atoms with E-state index >= 15 is 0 Å². The Morgan fingerprint density at radius 3 is 2.60 bits per heavy atom. The Morgan fingerprint density at radius 2 is 2.07 bits per heavy atom. The first-order chi connectivity index (χ1) is 6.87. The van der Waals surface area contributed by atoms with Crippen molar-refractivity contribution in [3.63, 3.8) is 0 Å². The minimum absolute atomic E-state index is 0.434. The fraction of sp³-hybridized carbons (Fsp3) is 0.300. The molecule has 0 saturated heterocycles. The molecule has 0 aliphatic rings. The smallest absolute Gasteiger partial charge is 0.241 e. The zero-order valence-corrected chi connectivity index (χ0v) is 8.73. The van der Waals surface area contributed by atoms with Crippen molar-refractivity contribution in [2.75, 3.05) is 0 Å². The maximum absolute atomic E-state index is 11.9. The van der Waals surface area contributed by atoms with Crippen LogP contribution in [0.5, 0.6) is 0 Å². The number of nitrogens with zero attached hydrogens (tertiary/aromatic N) is 1. The zero-order valence-electron chi connectivity index (χ0n) is 7.98. The van der Waals surface area contributed by atoms with Gasteiger partial charge in [0.05, 0.1) is 12.1 Å². The third-order valence-corrected chi connectivity index (χ3v) is 1.82. The summed E-state index contributed by atoms with van der Waals surface area (Å²) in [5.41, 5.74) is 1.36. The minimum atomic E-state index is -4.32. The van der Waals surface area contributed by atoms with Gasteiger partial charge in [0.25, 0.3) is 0 Å². The highest BCUT2D eigenvalue weighted by atomic mass is 35.5. The number of aryl methyl sites for hydroxylation is 1. The minimum Gasteiger partial charge on any atom is -0.241 e. The molecule has 1 aromatic rings. The number of hydrogen-bond donors (Lipinski definition) is 0. The summed E-state index contributed by atoms with van der Waals surface area (Å²) in [7, 11) is 0. The predicted octanol–water partition coefficient (Wildman–Crippen LogP) is 4.22. The molecular formula is C10H9ClF3N. The second-order valence-electron chi connectivity index (χ2n) is 3.12. The van der Waals surface area contributed by atoms with Crippen molar-refractivity contribution in [1.82, 2.24) is 0 Å². The van der Waals surface area contributed by atoms with Crippen molar-refractivity contribution < 1.29 is 13.2 Å². The molecule has 1 rings (SSSR count). The standard InChI is InChI=1S/C10H9ClF3N/c1-7-3-2-4-8(5-7)15-9(11)6-10(12,13)14/h2-5H,6H2,1H3. The number of alkyl halides is 3. The summed E-state index contributed by atoms with van der Waals surface area (Å²) in [6.45, 7) is 1.83. The average Bonchev–Trinajstić information content (AvgIpc) is 1.99. The second-order valence-corrected chi connectivity index (χ2v) is 3.56. The zero-order chi connectivity index (χ0) is 11.5. The van der Waals surface area contributed by atoms with Crippen LogP contribution in [-0.4, -0.2) is 11.3 Å². The van der Waals surface area contributed by atoms with E-state index in [1.165, 1.54) is 0 Å². The topological polar surface area (TPSA) is 12.4 Å². The summed E-state index contributed by atoms with van der Waals surface area (Å²) in [5, 5.41) is -0.451. The van der Waals surface area contributed by atoms with Crippen LogP contribution in [0.15, 0.2) is 29.3 Å². The quantitative estimate of drug-likeness (QED) is 0.681. The van der Waals surface area contributed by atoms with Crippen LogP contribution in [0.1, 0.15) is 12.0 Å². The SMILES string of the molecule is Cc1cccc(N=C(Cl)CC(F)(F)F)c1. The van der Waals surface area contributed by atoms with Gasteiger partial charge in [-0.3, -0.25) is 0 Å². The Balaban J connectivity index is 2.79. The predicted molar refractivity (Wildman–Crippen MR) is 54.8 cm³/mol. The van der Waals surface area contributed by atoms with E-state index < -0.39 is 17.8 Å². The molecule has 1 nitrogen and oxygen atoms in total. The van der Waals surface area contributed by atoms with Crippen molar-refractivity contribution >= 4 is 22.5 Å². The average molecular weight is 236 g/mol. The van der Waals surface area contributed by atoms with E-state index in [2.05, 4.69) is 4.99 Å². The lowest BCUT2D eigenvalue weighted by Crippen LogP contribution is -2.10. The van der Waals surface area contributed by atoms with Gasteiger partial charge in [0.2, 0.25) is 0 Å². The van der Waals surface area contributed by atoms with Gasteiger partial charge >= 0.3 is 6.18 Å². The molecule has 0 spiro atoms. The summed E-state index contributed by atoms with van der Waals surface area (Å²) < 4.78 is 35.8. The van der Waals surface area contributed by atoms with Crippen molar-refractivity contribution in [2.45, 2.75) is 19.5 Å². The third kappa shape index (κ3) is 4.83. The van der Waals surface area contributed by atoms with Gasteiger partial charge in [-0.1, -0.05) is 23.7 Å². The molecule has 1 aromatic carbocycles. The van der Waals surface area contributed by atoms with Crippen molar-refractivity contribution in [3.8, 4) is 0 Å². The highest BCUT2D eigenvalue weighted by Crippen LogP contribution is 2.23. The maximum Gasteiger partial charge on any atom is 0.395 e. The fourth-order valence-electron chi connectivity index (χ4n) is 1.04. The summed E-state index contributed by atoms with van der Waals surface area (Å²) >= 11 is 5.38. The molecule has 0 bridgehead atoms. The Bertz CT molecular complexity index is 371. The summed E-state index contributed by atoms with van der Waals surface area (Å²) in [6, 6.07) is 6.81. The fourth-order valence-corrected chi connectivity index (χ4v) is 1.29. The highest BCUT2D eigenvalue weighted by molar-refractivity contribution is 6.65. The first-order valence-corrected chi connectivity index (χ1v) is 4.61. The number of rotatable bonds is 2. The van der Waals surface area contributed by atoms with Crippen LogP contribution >= 0.6 is 11.6 Å². The van der Waals surface area contributed by atoms with E-state index in [-0.39, 0.29) is 0 Å². The second kappa shape index (κ2) is 4.66. The van der Waals surface area contributed by atoms with Crippen molar-refractivity contribution in [1.29, 1.82) is 0 Å². The molecule has 0 fully saturated rings. The number of benzene rings is 1. The molecule has 0 heterocycles. The van der Waals surface area contributed by atoms with Crippen LogP contribution < -0.4 is 0 Å². The van der Waals surface area contributed by atoms with Crippen LogP contribution in [0, 0.1) is 6.92 Å². The normalized spacial score (nSPS) is 13.0. The maximum atomic E-state index is 11.9. The lowest BCUT2D eigenvalue weighted by Gasteiger charge is -2.04. The number of halogens is 4. The van der Waals surface area contributed by atoms with Gasteiger partial charge in [0.1, 0.15) is 5.17 Å².